The summed E-state index contributed by atoms with van der Waals surface area (Å²) in [7, 11) is 1.27. The van der Waals surface area contributed by atoms with Crippen molar-refractivity contribution in [2.75, 3.05) is 13.6 Å². The number of carboxylic acid groups (broad SMARTS) is 1. The van der Waals surface area contributed by atoms with E-state index in [-0.39, 0.29) is 12.1 Å². The first kappa shape index (κ1) is 15.0. The topological polar surface area (TPSA) is 73.4 Å². The van der Waals surface area contributed by atoms with E-state index in [2.05, 4.69) is 4.98 Å². The number of amides is 1. The van der Waals surface area contributed by atoms with Gasteiger partial charge < -0.3 is 15.0 Å². The molecule has 1 heterocycles. The minimum absolute atomic E-state index is 0.0880. The van der Waals surface area contributed by atoms with Crippen molar-refractivity contribution >= 4 is 22.8 Å². The number of benzene rings is 1. The van der Waals surface area contributed by atoms with Gasteiger partial charge in [-0.2, -0.15) is 0 Å². The molecule has 0 unspecified atom stereocenters. The molecule has 1 aromatic carbocycles. The summed E-state index contributed by atoms with van der Waals surface area (Å²) in [6.45, 7) is -0.677. The molecule has 0 aliphatic heterocycles. The van der Waals surface area contributed by atoms with Crippen LogP contribution in [0.25, 0.3) is 10.9 Å². The van der Waals surface area contributed by atoms with Gasteiger partial charge in [-0.05, 0) is 6.07 Å². The fourth-order valence-electron chi connectivity index (χ4n) is 2.16. The molecular formula is C14H14F2N2O3. The molecular weight excluding hydrogens is 282 g/mol. The number of carbonyl (C=O) groups is 2. The normalized spacial score (nSPS) is 11.0. The predicted molar refractivity (Wildman–Crippen MR) is 72.6 cm³/mol. The second-order valence-corrected chi connectivity index (χ2v) is 4.67. The minimum Gasteiger partial charge on any atom is -0.477 e. The van der Waals surface area contributed by atoms with Gasteiger partial charge in [-0.1, -0.05) is 18.2 Å². The Bertz CT molecular complexity index is 682. The largest absolute Gasteiger partial charge is 0.477 e. The van der Waals surface area contributed by atoms with Crippen molar-refractivity contribution in [3.05, 3.63) is 35.5 Å². The van der Waals surface area contributed by atoms with Crippen LogP contribution in [-0.2, 0) is 11.2 Å². The van der Waals surface area contributed by atoms with Crippen LogP contribution >= 0.6 is 0 Å². The third kappa shape index (κ3) is 3.18. The Morgan fingerprint density at radius 2 is 2.00 bits per heavy atom. The summed E-state index contributed by atoms with van der Waals surface area (Å²) in [5, 5.41) is 9.79. The Hall–Kier alpha value is -2.44. The van der Waals surface area contributed by atoms with E-state index in [0.29, 0.717) is 16.5 Å². The lowest BCUT2D eigenvalue weighted by Crippen LogP contribution is -2.32. The quantitative estimate of drug-likeness (QED) is 0.887. The molecule has 0 fully saturated rings. The molecule has 7 heteroatoms. The average molecular weight is 296 g/mol. The number of fused-ring (bicyclic) bond motifs is 1. The predicted octanol–water partition coefficient (Wildman–Crippen LogP) is 2.13. The monoisotopic (exact) mass is 296 g/mol. The van der Waals surface area contributed by atoms with Gasteiger partial charge in [-0.15, -0.1) is 0 Å². The van der Waals surface area contributed by atoms with Crippen molar-refractivity contribution in [3.8, 4) is 0 Å². The Kier molecular flexibility index (Phi) is 4.21. The molecule has 2 rings (SSSR count). The van der Waals surface area contributed by atoms with Gasteiger partial charge >= 0.3 is 5.97 Å². The van der Waals surface area contributed by atoms with Crippen LogP contribution in [-0.4, -0.2) is 46.9 Å². The molecule has 5 nitrogen and oxygen atoms in total. The lowest BCUT2D eigenvalue weighted by molar-refractivity contribution is -0.130. The summed E-state index contributed by atoms with van der Waals surface area (Å²) < 4.78 is 24.6. The lowest BCUT2D eigenvalue weighted by Gasteiger charge is -2.16. The number of carboxylic acids is 1. The maximum absolute atomic E-state index is 12.3. The van der Waals surface area contributed by atoms with Gasteiger partial charge in [0.1, 0.15) is 5.69 Å². The summed E-state index contributed by atoms with van der Waals surface area (Å²) in [6, 6.07) is 6.84. The highest BCUT2D eigenvalue weighted by Crippen LogP contribution is 2.23. The third-order valence-corrected chi connectivity index (χ3v) is 3.19. The fourth-order valence-corrected chi connectivity index (χ4v) is 2.16. The maximum Gasteiger partial charge on any atom is 0.352 e. The number of halogens is 2. The van der Waals surface area contributed by atoms with E-state index >= 15 is 0 Å². The van der Waals surface area contributed by atoms with E-state index < -0.39 is 24.8 Å². The number of likely N-dealkylation sites (N-methyl/N-ethyl adjacent to an activating group) is 1. The number of rotatable bonds is 5. The second kappa shape index (κ2) is 5.90. The molecule has 21 heavy (non-hydrogen) atoms. The van der Waals surface area contributed by atoms with Crippen molar-refractivity contribution in [2.24, 2.45) is 0 Å². The number of nitrogens with one attached hydrogen (secondary N) is 1. The zero-order valence-corrected chi connectivity index (χ0v) is 11.3. The van der Waals surface area contributed by atoms with Crippen LogP contribution in [0.1, 0.15) is 16.1 Å². The molecule has 2 aromatic rings. The highest BCUT2D eigenvalue weighted by atomic mass is 19.3. The zero-order valence-electron chi connectivity index (χ0n) is 11.3. The summed E-state index contributed by atoms with van der Waals surface area (Å²) in [6.07, 6.45) is -2.87. The first-order valence-corrected chi connectivity index (χ1v) is 6.25. The van der Waals surface area contributed by atoms with Crippen molar-refractivity contribution in [3.63, 3.8) is 0 Å². The molecule has 0 aliphatic carbocycles. The minimum atomic E-state index is -2.62. The van der Waals surface area contributed by atoms with Crippen molar-refractivity contribution in [2.45, 2.75) is 12.8 Å². The second-order valence-electron chi connectivity index (χ2n) is 4.67. The average Bonchev–Trinajstić information content (AvgIpc) is 2.77. The first-order valence-electron chi connectivity index (χ1n) is 6.25. The highest BCUT2D eigenvalue weighted by Gasteiger charge is 2.21. The number of aromatic amines is 1. The molecule has 1 amide bonds. The third-order valence-electron chi connectivity index (χ3n) is 3.19. The Balaban J connectivity index is 2.34. The molecule has 0 aliphatic rings. The van der Waals surface area contributed by atoms with Crippen LogP contribution in [0.5, 0.6) is 0 Å². The van der Waals surface area contributed by atoms with Gasteiger partial charge in [0, 0.05) is 23.5 Å². The van der Waals surface area contributed by atoms with Gasteiger partial charge in [-0.25, -0.2) is 13.6 Å². The number of H-pyrrole nitrogens is 1. The number of para-hydroxylation sites is 1. The molecule has 0 radical (unpaired) electrons. The molecule has 112 valence electrons. The Labute approximate surface area is 119 Å². The molecule has 0 saturated heterocycles. The number of alkyl halides is 2. The zero-order chi connectivity index (χ0) is 15.6. The molecule has 0 atom stereocenters. The fraction of sp³-hybridized carbons (Fsp3) is 0.286. The van der Waals surface area contributed by atoms with Crippen molar-refractivity contribution < 1.29 is 23.5 Å². The van der Waals surface area contributed by atoms with Gasteiger partial charge in [0.15, 0.2) is 0 Å². The van der Waals surface area contributed by atoms with Crippen molar-refractivity contribution in [1.29, 1.82) is 0 Å². The van der Waals surface area contributed by atoms with E-state index in [1.165, 1.54) is 7.05 Å². The standard InChI is InChI=1S/C14H14F2N2O3/c1-18(7-11(15)16)12(19)6-9-8-4-2-3-5-10(8)17-13(9)14(20)21/h2-5,11,17H,6-7H2,1H3,(H,20,21). The van der Waals surface area contributed by atoms with E-state index in [1.54, 1.807) is 24.3 Å². The molecule has 1 aromatic heterocycles. The van der Waals surface area contributed by atoms with Gasteiger partial charge in [0.25, 0.3) is 6.43 Å². The van der Waals surface area contributed by atoms with Gasteiger partial charge in [-0.3, -0.25) is 4.79 Å². The number of carbonyl (C=O) groups excluding carboxylic acids is 1. The summed E-state index contributed by atoms with van der Waals surface area (Å²) in [5.41, 5.74) is 0.813. The summed E-state index contributed by atoms with van der Waals surface area (Å²) in [4.78, 5) is 26.8. The number of aromatic carboxylic acids is 1. The number of hydrogen-bond donors (Lipinski definition) is 2. The number of nitrogens with zero attached hydrogens (tertiary/aromatic N) is 1. The van der Waals surface area contributed by atoms with Crippen LogP contribution in [0.15, 0.2) is 24.3 Å². The lowest BCUT2D eigenvalue weighted by atomic mass is 10.1. The van der Waals surface area contributed by atoms with E-state index in [1.807, 2.05) is 0 Å². The first-order chi connectivity index (χ1) is 9.90. The summed E-state index contributed by atoms with van der Waals surface area (Å²) in [5.74, 6) is -1.74. The van der Waals surface area contributed by atoms with E-state index in [9.17, 15) is 23.5 Å². The van der Waals surface area contributed by atoms with Crippen LogP contribution < -0.4 is 0 Å². The van der Waals surface area contributed by atoms with Crippen LogP contribution in [0.2, 0.25) is 0 Å². The molecule has 0 saturated carbocycles. The Morgan fingerprint density at radius 3 is 2.62 bits per heavy atom. The Morgan fingerprint density at radius 1 is 1.33 bits per heavy atom. The van der Waals surface area contributed by atoms with Crippen LogP contribution in [0.3, 0.4) is 0 Å². The highest BCUT2D eigenvalue weighted by molar-refractivity contribution is 5.99. The number of aromatic nitrogens is 1. The van der Waals surface area contributed by atoms with E-state index in [4.69, 9.17) is 0 Å². The van der Waals surface area contributed by atoms with Crippen molar-refractivity contribution in [1.82, 2.24) is 9.88 Å². The van der Waals surface area contributed by atoms with Crippen LogP contribution in [0.4, 0.5) is 8.78 Å². The van der Waals surface area contributed by atoms with Gasteiger partial charge in [0.05, 0.1) is 13.0 Å². The number of hydrogen-bond acceptors (Lipinski definition) is 2. The molecule has 0 spiro atoms. The molecule has 2 N–H and O–H groups in total. The maximum atomic E-state index is 12.3. The van der Waals surface area contributed by atoms with Gasteiger partial charge in [0.2, 0.25) is 5.91 Å². The SMILES string of the molecule is CN(CC(F)F)C(=O)Cc1c(C(=O)O)[nH]c2ccccc12. The summed E-state index contributed by atoms with van der Waals surface area (Å²) >= 11 is 0. The van der Waals surface area contributed by atoms with Crippen LogP contribution in [0, 0.1) is 0 Å². The van der Waals surface area contributed by atoms with E-state index in [0.717, 1.165) is 4.90 Å². The molecule has 0 bridgehead atoms. The smallest absolute Gasteiger partial charge is 0.352 e.